The van der Waals surface area contributed by atoms with Gasteiger partial charge < -0.3 is 9.47 Å². The van der Waals surface area contributed by atoms with Crippen LogP contribution in [0.3, 0.4) is 0 Å². The maximum Gasteiger partial charge on any atom is 0.426 e. The van der Waals surface area contributed by atoms with E-state index in [0.717, 1.165) is 19.3 Å². The van der Waals surface area contributed by atoms with Crippen LogP contribution in [0.1, 0.15) is 52.4 Å². The average molecular weight is 342 g/mol. The van der Waals surface area contributed by atoms with Crippen molar-refractivity contribution >= 4 is 10.4 Å². The number of ether oxygens (including phenoxy) is 2. The second-order valence-electron chi connectivity index (χ2n) is 4.70. The molecule has 0 unspecified atom stereocenters. The van der Waals surface area contributed by atoms with Gasteiger partial charge in [-0.25, -0.2) is 9.07 Å². The highest BCUT2D eigenvalue weighted by molar-refractivity contribution is 7.81. The van der Waals surface area contributed by atoms with Gasteiger partial charge in [0.2, 0.25) is 0 Å². The molecule has 8 heteroatoms. The van der Waals surface area contributed by atoms with Crippen LogP contribution in [-0.4, -0.2) is 48.1 Å². The third-order valence-corrected chi connectivity index (χ3v) is 3.46. The highest BCUT2D eigenvalue weighted by atomic mass is 32.3. The first kappa shape index (κ1) is 21.8. The first-order valence-electron chi connectivity index (χ1n) is 7.98. The number of hydrogen-bond acceptors (Lipinski definition) is 7. The van der Waals surface area contributed by atoms with Gasteiger partial charge in [0.15, 0.2) is 0 Å². The summed E-state index contributed by atoms with van der Waals surface area (Å²) in [6.45, 7) is 5.80. The summed E-state index contributed by atoms with van der Waals surface area (Å²) >= 11 is 0. The molecule has 0 aromatic rings. The Balaban J connectivity index is 3.38. The molecular formula is C14H30O7S. The molecule has 22 heavy (non-hydrogen) atoms. The summed E-state index contributed by atoms with van der Waals surface area (Å²) in [5.74, 6) is 0. The fourth-order valence-electron chi connectivity index (χ4n) is 1.61. The maximum absolute atomic E-state index is 11.3. The van der Waals surface area contributed by atoms with Gasteiger partial charge in [-0.3, -0.25) is 0 Å². The van der Waals surface area contributed by atoms with E-state index in [4.69, 9.17) is 9.47 Å². The predicted molar refractivity (Wildman–Crippen MR) is 82.6 cm³/mol. The third kappa shape index (κ3) is 16.1. The molecule has 0 aliphatic rings. The van der Waals surface area contributed by atoms with E-state index in [9.17, 15) is 8.42 Å². The van der Waals surface area contributed by atoms with Crippen molar-refractivity contribution in [3.05, 3.63) is 0 Å². The van der Waals surface area contributed by atoms with Crippen LogP contribution in [0.2, 0.25) is 0 Å². The van der Waals surface area contributed by atoms with Crippen molar-refractivity contribution < 1.29 is 31.3 Å². The number of unbranched alkanes of at least 4 members (excludes halogenated alkanes) is 5. The van der Waals surface area contributed by atoms with Crippen LogP contribution in [0.25, 0.3) is 0 Å². The molecule has 0 N–H and O–H groups in total. The maximum atomic E-state index is 11.3. The van der Waals surface area contributed by atoms with Gasteiger partial charge in [-0.15, -0.1) is 0 Å². The zero-order valence-electron chi connectivity index (χ0n) is 13.8. The molecular weight excluding hydrogens is 312 g/mol. The van der Waals surface area contributed by atoms with Crippen LogP contribution < -0.4 is 0 Å². The number of rotatable bonds is 17. The molecule has 0 saturated heterocycles. The lowest BCUT2D eigenvalue weighted by atomic mass is 10.1. The summed E-state index contributed by atoms with van der Waals surface area (Å²) in [4.78, 5) is 4.64. The first-order valence-corrected chi connectivity index (χ1v) is 9.31. The van der Waals surface area contributed by atoms with Crippen LogP contribution in [0, 0.1) is 0 Å². The number of hydrogen-bond donors (Lipinski definition) is 0. The second kappa shape index (κ2) is 15.6. The standard InChI is InChI=1S/C14H30O7S/c1-3-5-6-7-8-9-10-19-21-22(15,16)20-14-13-18-12-11-17-4-2/h3-14H2,1-2H3. The lowest BCUT2D eigenvalue weighted by Crippen LogP contribution is -2.16. The molecule has 0 aliphatic carbocycles. The molecule has 0 aromatic heterocycles. The molecule has 0 aromatic carbocycles. The fourth-order valence-corrected chi connectivity index (χ4v) is 2.11. The molecule has 134 valence electrons. The SMILES string of the molecule is CCCCCCCCOOS(=O)(=O)OCCOCCOCC. The first-order chi connectivity index (χ1) is 10.6. The topological polar surface area (TPSA) is 80.3 Å². The molecule has 7 nitrogen and oxygen atoms in total. The van der Waals surface area contributed by atoms with Crippen molar-refractivity contribution in [2.75, 3.05) is 39.6 Å². The van der Waals surface area contributed by atoms with Gasteiger partial charge in [0.1, 0.15) is 0 Å². The zero-order valence-corrected chi connectivity index (χ0v) is 14.6. The summed E-state index contributed by atoms with van der Waals surface area (Å²) in [5, 5.41) is 0. The Kier molecular flexibility index (Phi) is 15.5. The summed E-state index contributed by atoms with van der Waals surface area (Å²) in [7, 11) is -4.11. The lowest BCUT2D eigenvalue weighted by Gasteiger charge is -2.06. The van der Waals surface area contributed by atoms with E-state index in [1.54, 1.807) is 0 Å². The Morgan fingerprint density at radius 1 is 0.727 bits per heavy atom. The van der Waals surface area contributed by atoms with E-state index in [2.05, 4.69) is 20.3 Å². The minimum absolute atomic E-state index is 0.116. The summed E-state index contributed by atoms with van der Waals surface area (Å²) in [6, 6.07) is 0. The zero-order chi connectivity index (χ0) is 16.5. The van der Waals surface area contributed by atoms with Gasteiger partial charge in [-0.05, 0) is 13.3 Å². The van der Waals surface area contributed by atoms with Crippen molar-refractivity contribution in [2.24, 2.45) is 0 Å². The predicted octanol–water partition coefficient (Wildman–Crippen LogP) is 2.61. The molecule has 0 aliphatic heterocycles. The van der Waals surface area contributed by atoms with Crippen molar-refractivity contribution in [1.82, 2.24) is 0 Å². The normalized spacial score (nSPS) is 11.9. The molecule has 0 fully saturated rings. The van der Waals surface area contributed by atoms with E-state index < -0.39 is 10.4 Å². The van der Waals surface area contributed by atoms with Gasteiger partial charge in [-0.2, -0.15) is 8.42 Å². The fraction of sp³-hybridized carbons (Fsp3) is 1.00. The Morgan fingerprint density at radius 3 is 2.09 bits per heavy atom. The monoisotopic (exact) mass is 342 g/mol. The summed E-state index contributed by atoms with van der Waals surface area (Å²) in [5.41, 5.74) is 0. The molecule has 0 amide bonds. The minimum Gasteiger partial charge on any atom is -0.379 e. The Labute approximate surface area is 134 Å². The van der Waals surface area contributed by atoms with Crippen molar-refractivity contribution in [1.29, 1.82) is 0 Å². The Bertz CT molecular complexity index is 319. The van der Waals surface area contributed by atoms with E-state index in [1.807, 2.05) is 6.92 Å². The van der Waals surface area contributed by atoms with Crippen molar-refractivity contribution in [2.45, 2.75) is 52.4 Å². The summed E-state index contributed by atoms with van der Waals surface area (Å²) < 4.78 is 41.6. The van der Waals surface area contributed by atoms with Gasteiger partial charge >= 0.3 is 10.4 Å². The van der Waals surface area contributed by atoms with E-state index in [1.165, 1.54) is 19.3 Å². The lowest BCUT2D eigenvalue weighted by molar-refractivity contribution is -0.210. The Hall–Kier alpha value is -0.250. The molecule has 0 spiro atoms. The van der Waals surface area contributed by atoms with Crippen LogP contribution in [0.15, 0.2) is 0 Å². The molecule has 0 bridgehead atoms. The highest BCUT2D eigenvalue weighted by Gasteiger charge is 2.12. The van der Waals surface area contributed by atoms with Crippen LogP contribution in [0.4, 0.5) is 0 Å². The van der Waals surface area contributed by atoms with Crippen molar-refractivity contribution in [3.8, 4) is 0 Å². The highest BCUT2D eigenvalue weighted by Crippen LogP contribution is 2.05. The molecule has 0 atom stereocenters. The van der Waals surface area contributed by atoms with Gasteiger partial charge in [0, 0.05) is 6.61 Å². The largest absolute Gasteiger partial charge is 0.426 e. The van der Waals surface area contributed by atoms with Crippen LogP contribution in [-0.2, 0) is 33.3 Å². The van der Waals surface area contributed by atoms with Gasteiger partial charge in [-0.1, -0.05) is 43.4 Å². The summed E-state index contributed by atoms with van der Waals surface area (Å²) in [6.07, 6.45) is 6.51. The molecule has 0 radical (unpaired) electrons. The minimum atomic E-state index is -4.11. The Morgan fingerprint density at radius 2 is 1.36 bits per heavy atom. The smallest absolute Gasteiger partial charge is 0.379 e. The average Bonchev–Trinajstić information content (AvgIpc) is 2.49. The van der Waals surface area contributed by atoms with E-state index in [-0.39, 0.29) is 19.8 Å². The van der Waals surface area contributed by atoms with Crippen LogP contribution in [0.5, 0.6) is 0 Å². The molecule has 0 rings (SSSR count). The molecule has 0 heterocycles. The van der Waals surface area contributed by atoms with Crippen molar-refractivity contribution in [3.63, 3.8) is 0 Å². The molecule has 0 saturated carbocycles. The van der Waals surface area contributed by atoms with Crippen LogP contribution >= 0.6 is 0 Å². The van der Waals surface area contributed by atoms with E-state index >= 15 is 0 Å². The quantitative estimate of drug-likeness (QED) is 0.228. The van der Waals surface area contributed by atoms with E-state index in [0.29, 0.717) is 19.8 Å². The third-order valence-electron chi connectivity index (χ3n) is 2.74. The van der Waals surface area contributed by atoms with Gasteiger partial charge in [0.05, 0.1) is 33.0 Å². The second-order valence-corrected chi connectivity index (χ2v) is 5.89. The van der Waals surface area contributed by atoms with Gasteiger partial charge in [0.25, 0.3) is 0 Å².